The molecule has 2 heterocycles. The van der Waals surface area contributed by atoms with Crippen LogP contribution in [-0.4, -0.2) is 11.7 Å². The van der Waals surface area contributed by atoms with E-state index in [1.165, 1.54) is 0 Å². The lowest BCUT2D eigenvalue weighted by molar-refractivity contribution is 0.174. The van der Waals surface area contributed by atoms with E-state index >= 15 is 0 Å². The Bertz CT molecular complexity index is 792. The zero-order valence-electron chi connectivity index (χ0n) is 11.9. The fourth-order valence-electron chi connectivity index (χ4n) is 2.89. The van der Waals surface area contributed by atoms with E-state index in [4.69, 9.17) is 9.47 Å². The van der Waals surface area contributed by atoms with Gasteiger partial charge in [-0.25, -0.2) is 0 Å². The minimum Gasteiger partial charge on any atom is -0.454 e. The molecule has 1 atom stereocenters. The second kappa shape index (κ2) is 5.12. The molecule has 0 aromatic heterocycles. The molecule has 4 rings (SSSR count). The second-order valence-corrected chi connectivity index (χ2v) is 5.34. The Labute approximate surface area is 128 Å². The highest BCUT2D eigenvalue weighted by atomic mass is 16.7. The van der Waals surface area contributed by atoms with Crippen LogP contribution in [0.25, 0.3) is 6.08 Å². The van der Waals surface area contributed by atoms with Crippen molar-refractivity contribution in [2.45, 2.75) is 12.6 Å². The molecule has 108 valence electrons. The first-order valence-electron chi connectivity index (χ1n) is 7.16. The number of fused-ring (bicyclic) bond motifs is 2. The van der Waals surface area contributed by atoms with Crippen LogP contribution < -0.4 is 9.47 Å². The van der Waals surface area contributed by atoms with E-state index in [0.717, 1.165) is 28.2 Å². The first-order valence-corrected chi connectivity index (χ1v) is 7.16. The Morgan fingerprint density at radius 1 is 1.14 bits per heavy atom. The normalized spacial score (nSPS) is 18.0. The highest BCUT2D eigenvalue weighted by Crippen LogP contribution is 2.35. The van der Waals surface area contributed by atoms with Gasteiger partial charge in [0.1, 0.15) is 6.04 Å². The van der Waals surface area contributed by atoms with Crippen molar-refractivity contribution in [3.8, 4) is 17.6 Å². The standard InChI is InChI=1S/C18H14N2O2/c19-10-16-15-4-2-1-3-14(15)7-8-20(16)11-13-5-6-17-18(9-13)22-12-21-17/h1-9,16H,11-12H2. The van der Waals surface area contributed by atoms with Crippen LogP contribution in [0.1, 0.15) is 22.7 Å². The Morgan fingerprint density at radius 3 is 2.91 bits per heavy atom. The van der Waals surface area contributed by atoms with Crippen LogP contribution in [0, 0.1) is 11.3 Å². The maximum Gasteiger partial charge on any atom is 0.231 e. The number of nitrogens with zero attached hydrogens (tertiary/aromatic N) is 2. The highest BCUT2D eigenvalue weighted by Gasteiger charge is 2.23. The summed E-state index contributed by atoms with van der Waals surface area (Å²) in [7, 11) is 0. The summed E-state index contributed by atoms with van der Waals surface area (Å²) in [4.78, 5) is 2.04. The largest absolute Gasteiger partial charge is 0.454 e. The summed E-state index contributed by atoms with van der Waals surface area (Å²) in [5, 5.41) is 9.57. The van der Waals surface area contributed by atoms with Crippen molar-refractivity contribution < 1.29 is 9.47 Å². The zero-order chi connectivity index (χ0) is 14.9. The average Bonchev–Trinajstić information content (AvgIpc) is 3.02. The first-order chi connectivity index (χ1) is 10.8. The molecule has 0 amide bonds. The fraction of sp³-hybridized carbons (Fsp3) is 0.167. The maximum absolute atomic E-state index is 9.57. The van der Waals surface area contributed by atoms with E-state index in [1.807, 2.05) is 53.6 Å². The molecular formula is C18H14N2O2. The number of hydrogen-bond donors (Lipinski definition) is 0. The topological polar surface area (TPSA) is 45.5 Å². The van der Waals surface area contributed by atoms with E-state index in [2.05, 4.69) is 12.1 Å². The van der Waals surface area contributed by atoms with Crippen molar-refractivity contribution in [3.05, 3.63) is 65.4 Å². The van der Waals surface area contributed by atoms with Gasteiger partial charge in [0, 0.05) is 12.7 Å². The summed E-state index contributed by atoms with van der Waals surface area (Å²) < 4.78 is 10.7. The molecule has 0 N–H and O–H groups in total. The Kier molecular flexibility index (Phi) is 2.97. The molecule has 4 nitrogen and oxygen atoms in total. The quantitative estimate of drug-likeness (QED) is 0.849. The van der Waals surface area contributed by atoms with Gasteiger partial charge in [0.05, 0.1) is 6.07 Å². The molecular weight excluding hydrogens is 276 g/mol. The molecule has 0 spiro atoms. The van der Waals surface area contributed by atoms with Gasteiger partial charge in [-0.1, -0.05) is 30.3 Å². The van der Waals surface area contributed by atoms with E-state index in [1.54, 1.807) is 0 Å². The van der Waals surface area contributed by atoms with Crippen LogP contribution in [0.5, 0.6) is 11.5 Å². The van der Waals surface area contributed by atoms with Crippen molar-refractivity contribution in [3.63, 3.8) is 0 Å². The summed E-state index contributed by atoms with van der Waals surface area (Å²) in [5.41, 5.74) is 3.25. The van der Waals surface area contributed by atoms with Crippen LogP contribution in [0.3, 0.4) is 0 Å². The third-order valence-corrected chi connectivity index (χ3v) is 3.99. The van der Waals surface area contributed by atoms with Crippen molar-refractivity contribution in [2.75, 3.05) is 6.79 Å². The Hall–Kier alpha value is -2.93. The number of nitriles is 1. The SMILES string of the molecule is N#CC1c2ccccc2C=CN1Cc1ccc2c(c1)OCO2. The van der Waals surface area contributed by atoms with Crippen molar-refractivity contribution >= 4 is 6.08 Å². The van der Waals surface area contributed by atoms with Gasteiger partial charge in [0.2, 0.25) is 6.79 Å². The highest BCUT2D eigenvalue weighted by molar-refractivity contribution is 5.58. The molecule has 0 bridgehead atoms. The fourth-order valence-corrected chi connectivity index (χ4v) is 2.89. The minimum atomic E-state index is -0.272. The lowest BCUT2D eigenvalue weighted by Gasteiger charge is -2.30. The summed E-state index contributed by atoms with van der Waals surface area (Å²) in [5.74, 6) is 1.55. The number of ether oxygens (including phenoxy) is 2. The van der Waals surface area contributed by atoms with Crippen molar-refractivity contribution in [1.29, 1.82) is 5.26 Å². The molecule has 1 unspecified atom stereocenters. The summed E-state index contributed by atoms with van der Waals surface area (Å²) >= 11 is 0. The van der Waals surface area contributed by atoms with Gasteiger partial charge < -0.3 is 14.4 Å². The lowest BCUT2D eigenvalue weighted by atomic mass is 9.96. The smallest absolute Gasteiger partial charge is 0.231 e. The van der Waals surface area contributed by atoms with E-state index in [0.29, 0.717) is 6.54 Å². The van der Waals surface area contributed by atoms with Crippen LogP contribution in [-0.2, 0) is 6.54 Å². The van der Waals surface area contributed by atoms with Gasteiger partial charge in [0.25, 0.3) is 0 Å². The second-order valence-electron chi connectivity index (χ2n) is 5.34. The zero-order valence-corrected chi connectivity index (χ0v) is 11.9. The Morgan fingerprint density at radius 2 is 2.00 bits per heavy atom. The van der Waals surface area contributed by atoms with Crippen molar-refractivity contribution in [2.24, 2.45) is 0 Å². The van der Waals surface area contributed by atoms with Gasteiger partial charge in [-0.05, 0) is 34.9 Å². The number of benzene rings is 2. The molecule has 0 saturated carbocycles. The van der Waals surface area contributed by atoms with Gasteiger partial charge in [-0.2, -0.15) is 5.26 Å². The van der Waals surface area contributed by atoms with E-state index in [9.17, 15) is 5.26 Å². The molecule has 22 heavy (non-hydrogen) atoms. The van der Waals surface area contributed by atoms with Crippen molar-refractivity contribution in [1.82, 2.24) is 4.90 Å². The molecule has 2 aromatic carbocycles. The third-order valence-electron chi connectivity index (χ3n) is 3.99. The van der Waals surface area contributed by atoms with Crippen LogP contribution in [0.4, 0.5) is 0 Å². The predicted molar refractivity (Wildman–Crippen MR) is 81.9 cm³/mol. The Balaban J connectivity index is 1.62. The summed E-state index contributed by atoms with van der Waals surface area (Å²) in [6.45, 7) is 0.927. The molecule has 0 aliphatic carbocycles. The molecule has 0 radical (unpaired) electrons. The average molecular weight is 290 g/mol. The lowest BCUT2D eigenvalue weighted by Crippen LogP contribution is -2.25. The molecule has 2 aliphatic heterocycles. The van der Waals surface area contributed by atoms with Gasteiger partial charge >= 0.3 is 0 Å². The number of hydrogen-bond acceptors (Lipinski definition) is 4. The molecule has 2 aromatic rings. The van der Waals surface area contributed by atoms with Crippen LogP contribution in [0.2, 0.25) is 0 Å². The first kappa shape index (κ1) is 12.8. The monoisotopic (exact) mass is 290 g/mol. The van der Waals surface area contributed by atoms with Crippen LogP contribution in [0.15, 0.2) is 48.7 Å². The predicted octanol–water partition coefficient (Wildman–Crippen LogP) is 3.47. The summed E-state index contributed by atoms with van der Waals surface area (Å²) in [6.07, 6.45) is 4.04. The maximum atomic E-state index is 9.57. The van der Waals surface area contributed by atoms with Gasteiger partial charge in [-0.3, -0.25) is 0 Å². The van der Waals surface area contributed by atoms with E-state index < -0.39 is 0 Å². The molecule has 2 aliphatic rings. The molecule has 0 saturated heterocycles. The van der Waals surface area contributed by atoms with Gasteiger partial charge in [-0.15, -0.1) is 0 Å². The summed E-state index contributed by atoms with van der Waals surface area (Å²) in [6, 6.07) is 16.0. The minimum absolute atomic E-state index is 0.272. The number of rotatable bonds is 2. The van der Waals surface area contributed by atoms with E-state index in [-0.39, 0.29) is 12.8 Å². The third kappa shape index (κ3) is 2.08. The van der Waals surface area contributed by atoms with Gasteiger partial charge in [0.15, 0.2) is 11.5 Å². The van der Waals surface area contributed by atoms with Crippen LogP contribution >= 0.6 is 0 Å². The molecule has 4 heteroatoms. The molecule has 0 fully saturated rings.